The maximum atomic E-state index is 12.2. The van der Waals surface area contributed by atoms with Crippen molar-refractivity contribution >= 4 is 27.5 Å². The number of aromatic nitrogens is 2. The van der Waals surface area contributed by atoms with Crippen molar-refractivity contribution < 1.29 is 9.53 Å². The molecule has 1 aromatic carbocycles. The van der Waals surface area contributed by atoms with E-state index in [-0.39, 0.29) is 11.9 Å². The molecule has 1 N–H and O–H groups in total. The first-order valence-electron chi connectivity index (χ1n) is 7.07. The summed E-state index contributed by atoms with van der Waals surface area (Å²) in [6.45, 7) is 5.92. The molecular weight excluding hydrogens is 346 g/mol. The van der Waals surface area contributed by atoms with Gasteiger partial charge in [0.1, 0.15) is 5.75 Å². The number of benzene rings is 1. The van der Waals surface area contributed by atoms with Gasteiger partial charge in [-0.05, 0) is 61.0 Å². The number of hydrogen-bond donors (Lipinski definition) is 1. The van der Waals surface area contributed by atoms with Gasteiger partial charge in [-0.2, -0.15) is 5.10 Å². The van der Waals surface area contributed by atoms with E-state index in [9.17, 15) is 4.79 Å². The Kier molecular flexibility index (Phi) is 5.24. The summed E-state index contributed by atoms with van der Waals surface area (Å²) in [6.07, 6.45) is 0.362. The van der Waals surface area contributed by atoms with Gasteiger partial charge in [0.15, 0.2) is 0 Å². The van der Waals surface area contributed by atoms with Gasteiger partial charge in [0.05, 0.1) is 29.0 Å². The van der Waals surface area contributed by atoms with Gasteiger partial charge in [0, 0.05) is 12.1 Å². The molecule has 0 saturated carbocycles. The van der Waals surface area contributed by atoms with Crippen LogP contribution in [0.5, 0.6) is 5.75 Å². The average Bonchev–Trinajstić information content (AvgIpc) is 2.75. The zero-order valence-corrected chi connectivity index (χ0v) is 14.8. The molecule has 1 heterocycles. The van der Waals surface area contributed by atoms with E-state index >= 15 is 0 Å². The van der Waals surface area contributed by atoms with Gasteiger partial charge in [-0.15, -0.1) is 0 Å². The third-order valence-electron chi connectivity index (χ3n) is 3.51. The van der Waals surface area contributed by atoms with Crippen molar-refractivity contribution in [2.75, 3.05) is 12.4 Å². The lowest BCUT2D eigenvalue weighted by Gasteiger charge is -2.14. The molecule has 22 heavy (non-hydrogen) atoms. The average molecular weight is 366 g/mol. The normalized spacial score (nSPS) is 12.0. The molecule has 0 aliphatic carbocycles. The highest BCUT2D eigenvalue weighted by Gasteiger charge is 2.17. The lowest BCUT2D eigenvalue weighted by molar-refractivity contribution is -0.116. The van der Waals surface area contributed by atoms with Crippen LogP contribution in [0.2, 0.25) is 0 Å². The molecule has 0 unspecified atom stereocenters. The van der Waals surface area contributed by atoms with Crippen LogP contribution >= 0.6 is 15.9 Å². The molecule has 5 nitrogen and oxygen atoms in total. The van der Waals surface area contributed by atoms with Crippen LogP contribution in [-0.4, -0.2) is 22.8 Å². The fraction of sp³-hybridized carbons (Fsp3) is 0.375. The number of methoxy groups -OCH3 is 1. The highest BCUT2D eigenvalue weighted by Crippen LogP contribution is 2.24. The van der Waals surface area contributed by atoms with Crippen LogP contribution in [-0.2, 0) is 4.79 Å². The second-order valence-electron chi connectivity index (χ2n) is 5.26. The predicted molar refractivity (Wildman–Crippen MR) is 90.4 cm³/mol. The third-order valence-corrected chi connectivity index (χ3v) is 4.66. The van der Waals surface area contributed by atoms with Crippen molar-refractivity contribution in [1.29, 1.82) is 0 Å². The molecule has 0 fully saturated rings. The first-order valence-corrected chi connectivity index (χ1v) is 7.86. The maximum Gasteiger partial charge on any atom is 0.226 e. The molecule has 2 aromatic rings. The predicted octanol–water partition coefficient (Wildman–Crippen LogP) is 3.86. The summed E-state index contributed by atoms with van der Waals surface area (Å²) in [6, 6.07) is 7.26. The number of carbonyl (C=O) groups is 1. The largest absolute Gasteiger partial charge is 0.497 e. The van der Waals surface area contributed by atoms with E-state index in [1.165, 1.54) is 0 Å². The van der Waals surface area contributed by atoms with Crippen molar-refractivity contribution in [2.24, 2.45) is 0 Å². The fourth-order valence-corrected chi connectivity index (χ4v) is 2.57. The van der Waals surface area contributed by atoms with E-state index in [0.717, 1.165) is 27.3 Å². The summed E-state index contributed by atoms with van der Waals surface area (Å²) >= 11 is 3.51. The lowest BCUT2D eigenvalue weighted by Crippen LogP contribution is -2.19. The number of nitrogens with one attached hydrogen (secondary N) is 1. The number of anilines is 1. The zero-order chi connectivity index (χ0) is 16.3. The molecular formula is C16H20BrN3O2. The molecule has 1 atom stereocenters. The minimum atomic E-state index is -0.0404. The Morgan fingerprint density at radius 1 is 1.36 bits per heavy atom. The Morgan fingerprint density at radius 2 is 2.00 bits per heavy atom. The molecule has 118 valence electrons. The standard InChI is InChI=1S/C16H20BrN3O2/c1-10(20-12(3)16(17)11(2)19-20)9-15(21)18-13-5-7-14(22-4)8-6-13/h5-8,10H,9H2,1-4H3,(H,18,21)/t10-/m0/s1. The lowest BCUT2D eigenvalue weighted by atomic mass is 10.2. The number of amides is 1. The van der Waals surface area contributed by atoms with Crippen molar-refractivity contribution in [3.05, 3.63) is 40.1 Å². The van der Waals surface area contributed by atoms with E-state index < -0.39 is 0 Å². The van der Waals surface area contributed by atoms with E-state index in [1.54, 1.807) is 7.11 Å². The Bertz CT molecular complexity index is 665. The number of rotatable bonds is 5. The number of ether oxygens (including phenoxy) is 1. The van der Waals surface area contributed by atoms with E-state index in [1.807, 2.05) is 49.7 Å². The van der Waals surface area contributed by atoms with E-state index in [2.05, 4.69) is 26.3 Å². The van der Waals surface area contributed by atoms with Crippen molar-refractivity contribution in [2.45, 2.75) is 33.2 Å². The molecule has 0 spiro atoms. The molecule has 0 radical (unpaired) electrons. The first kappa shape index (κ1) is 16.5. The summed E-state index contributed by atoms with van der Waals surface area (Å²) < 4.78 is 7.97. The summed E-state index contributed by atoms with van der Waals surface area (Å²) in [5.41, 5.74) is 2.72. The van der Waals surface area contributed by atoms with Gasteiger partial charge >= 0.3 is 0 Å². The van der Waals surface area contributed by atoms with Gasteiger partial charge in [-0.3, -0.25) is 9.48 Å². The van der Waals surface area contributed by atoms with Gasteiger partial charge in [0.25, 0.3) is 0 Å². The number of nitrogens with zero attached hydrogens (tertiary/aromatic N) is 2. The maximum absolute atomic E-state index is 12.2. The van der Waals surface area contributed by atoms with Gasteiger partial charge in [-0.25, -0.2) is 0 Å². The molecule has 2 rings (SSSR count). The zero-order valence-electron chi connectivity index (χ0n) is 13.2. The van der Waals surface area contributed by atoms with Crippen molar-refractivity contribution in [3.63, 3.8) is 0 Å². The highest BCUT2D eigenvalue weighted by atomic mass is 79.9. The van der Waals surface area contributed by atoms with Crippen LogP contribution in [0.4, 0.5) is 5.69 Å². The summed E-state index contributed by atoms with van der Waals surface area (Å²) in [4.78, 5) is 12.2. The SMILES string of the molecule is COc1ccc(NC(=O)C[C@H](C)n2nc(C)c(Br)c2C)cc1. The second-order valence-corrected chi connectivity index (χ2v) is 6.05. The van der Waals surface area contributed by atoms with Crippen LogP contribution in [0.3, 0.4) is 0 Å². The fourth-order valence-electron chi connectivity index (χ4n) is 2.31. The first-order chi connectivity index (χ1) is 10.4. The smallest absolute Gasteiger partial charge is 0.226 e. The van der Waals surface area contributed by atoms with E-state index in [0.29, 0.717) is 6.42 Å². The third kappa shape index (κ3) is 3.68. The van der Waals surface area contributed by atoms with Crippen LogP contribution in [0.1, 0.15) is 30.8 Å². The Morgan fingerprint density at radius 3 is 2.50 bits per heavy atom. The highest BCUT2D eigenvalue weighted by molar-refractivity contribution is 9.10. The number of carbonyl (C=O) groups excluding carboxylic acids is 1. The quantitative estimate of drug-likeness (QED) is 0.874. The number of hydrogen-bond acceptors (Lipinski definition) is 3. The topological polar surface area (TPSA) is 56.1 Å². The van der Waals surface area contributed by atoms with Crippen molar-refractivity contribution in [3.8, 4) is 5.75 Å². The summed E-state index contributed by atoms with van der Waals surface area (Å²) in [5.74, 6) is 0.722. The molecule has 0 aliphatic heterocycles. The molecule has 0 bridgehead atoms. The van der Waals surface area contributed by atoms with Crippen LogP contribution < -0.4 is 10.1 Å². The summed E-state index contributed by atoms with van der Waals surface area (Å²) in [7, 11) is 1.61. The molecule has 1 aromatic heterocycles. The monoisotopic (exact) mass is 365 g/mol. The Hall–Kier alpha value is -1.82. The van der Waals surface area contributed by atoms with Gasteiger partial charge < -0.3 is 10.1 Å². The molecule has 1 amide bonds. The van der Waals surface area contributed by atoms with Crippen molar-refractivity contribution in [1.82, 2.24) is 9.78 Å². The Balaban J connectivity index is 2.00. The minimum Gasteiger partial charge on any atom is -0.497 e. The molecule has 0 aliphatic rings. The summed E-state index contributed by atoms with van der Waals surface area (Å²) in [5, 5.41) is 7.35. The molecule has 6 heteroatoms. The van der Waals surface area contributed by atoms with Gasteiger partial charge in [0.2, 0.25) is 5.91 Å². The Labute approximate surface area is 138 Å². The van der Waals surface area contributed by atoms with Gasteiger partial charge in [-0.1, -0.05) is 0 Å². The number of halogens is 1. The van der Waals surface area contributed by atoms with Crippen LogP contribution in [0.15, 0.2) is 28.7 Å². The van der Waals surface area contributed by atoms with E-state index in [4.69, 9.17) is 4.74 Å². The number of aryl methyl sites for hydroxylation is 1. The molecule has 0 saturated heterocycles. The van der Waals surface area contributed by atoms with Crippen LogP contribution in [0, 0.1) is 13.8 Å². The minimum absolute atomic E-state index is 0.0109. The van der Waals surface area contributed by atoms with Crippen LogP contribution in [0.25, 0.3) is 0 Å². The second kappa shape index (κ2) is 6.96.